The molecule has 0 radical (unpaired) electrons. The van der Waals surface area contributed by atoms with Crippen LogP contribution in [0.25, 0.3) is 0 Å². The van der Waals surface area contributed by atoms with E-state index >= 15 is 0 Å². The van der Waals surface area contributed by atoms with Crippen LogP contribution in [0.3, 0.4) is 0 Å². The SMILES string of the molecule is O=C1C[C@H](O)C(=O)c2cc(O)cc(O)c21. The molecule has 0 unspecified atom stereocenters. The Kier molecular flexibility index (Phi) is 1.97. The number of hydrogen-bond donors (Lipinski definition) is 3. The van der Waals surface area contributed by atoms with Crippen LogP contribution in [0.5, 0.6) is 11.5 Å². The normalized spacial score (nSPS) is 20.2. The maximum absolute atomic E-state index is 11.4. The first-order valence-corrected chi connectivity index (χ1v) is 4.32. The molecule has 0 saturated carbocycles. The van der Waals surface area contributed by atoms with Crippen molar-refractivity contribution in [2.75, 3.05) is 0 Å². The molecule has 3 N–H and O–H groups in total. The molecule has 78 valence electrons. The standard InChI is InChI=1S/C10H8O5/c11-4-1-5-9(6(12)2-4)7(13)3-8(14)10(5)15/h1-2,8,11-12,14H,3H2/t8-/m0/s1. The van der Waals surface area contributed by atoms with Gasteiger partial charge in [-0.2, -0.15) is 0 Å². The molecule has 5 nitrogen and oxygen atoms in total. The van der Waals surface area contributed by atoms with Crippen LogP contribution < -0.4 is 0 Å². The van der Waals surface area contributed by atoms with Gasteiger partial charge in [0.05, 0.1) is 5.56 Å². The van der Waals surface area contributed by atoms with Crippen LogP contribution >= 0.6 is 0 Å². The lowest BCUT2D eigenvalue weighted by atomic mass is 9.87. The summed E-state index contributed by atoms with van der Waals surface area (Å²) < 4.78 is 0. The van der Waals surface area contributed by atoms with Crippen LogP contribution in [-0.2, 0) is 0 Å². The van der Waals surface area contributed by atoms with Gasteiger partial charge in [0, 0.05) is 18.1 Å². The number of aliphatic hydroxyl groups is 1. The minimum atomic E-state index is -1.38. The van der Waals surface area contributed by atoms with E-state index in [4.69, 9.17) is 5.11 Å². The lowest BCUT2D eigenvalue weighted by Gasteiger charge is -2.19. The van der Waals surface area contributed by atoms with Gasteiger partial charge in [0.15, 0.2) is 11.6 Å². The Bertz CT molecular complexity index is 463. The summed E-state index contributed by atoms with van der Waals surface area (Å²) in [7, 11) is 0. The van der Waals surface area contributed by atoms with Crippen molar-refractivity contribution in [3.05, 3.63) is 23.3 Å². The fraction of sp³-hybridized carbons (Fsp3) is 0.200. The molecule has 1 atom stereocenters. The van der Waals surface area contributed by atoms with Crippen LogP contribution in [-0.4, -0.2) is 33.0 Å². The first-order chi connectivity index (χ1) is 7.00. The van der Waals surface area contributed by atoms with E-state index in [9.17, 15) is 19.8 Å². The summed E-state index contributed by atoms with van der Waals surface area (Å²) in [5.74, 6) is -1.91. The number of hydrogen-bond acceptors (Lipinski definition) is 5. The van der Waals surface area contributed by atoms with Crippen molar-refractivity contribution in [3.8, 4) is 11.5 Å². The Morgan fingerprint density at radius 1 is 1.20 bits per heavy atom. The van der Waals surface area contributed by atoms with E-state index in [1.54, 1.807) is 0 Å². The molecule has 0 fully saturated rings. The molecular weight excluding hydrogens is 200 g/mol. The van der Waals surface area contributed by atoms with E-state index in [1.165, 1.54) is 0 Å². The zero-order valence-electron chi connectivity index (χ0n) is 7.60. The Balaban J connectivity index is 2.71. The molecule has 0 aromatic heterocycles. The number of phenolic OH excluding ortho intramolecular Hbond substituents is 2. The van der Waals surface area contributed by atoms with Crippen molar-refractivity contribution >= 4 is 11.6 Å². The van der Waals surface area contributed by atoms with Gasteiger partial charge in [-0.05, 0) is 6.07 Å². The van der Waals surface area contributed by atoms with Crippen molar-refractivity contribution in [2.45, 2.75) is 12.5 Å². The van der Waals surface area contributed by atoms with Gasteiger partial charge in [-0.25, -0.2) is 0 Å². The fourth-order valence-corrected chi connectivity index (χ4v) is 1.65. The van der Waals surface area contributed by atoms with Crippen LogP contribution in [0.1, 0.15) is 27.1 Å². The maximum Gasteiger partial charge on any atom is 0.192 e. The summed E-state index contributed by atoms with van der Waals surface area (Å²) in [6.07, 6.45) is -1.71. The minimum Gasteiger partial charge on any atom is -0.508 e. The number of aliphatic hydroxyl groups excluding tert-OH is 1. The van der Waals surface area contributed by atoms with Gasteiger partial charge in [0.25, 0.3) is 0 Å². The summed E-state index contributed by atoms with van der Waals surface area (Å²) in [6.45, 7) is 0. The van der Waals surface area contributed by atoms with Crippen molar-refractivity contribution in [3.63, 3.8) is 0 Å². The Hall–Kier alpha value is -1.88. The lowest BCUT2D eigenvalue weighted by Crippen LogP contribution is -2.31. The molecular formula is C10H8O5. The minimum absolute atomic E-state index is 0.122. The number of phenols is 2. The summed E-state index contributed by atoms with van der Waals surface area (Å²) in [5.41, 5.74) is -0.251. The van der Waals surface area contributed by atoms with E-state index in [2.05, 4.69) is 0 Å². The second-order valence-electron chi connectivity index (χ2n) is 3.39. The van der Waals surface area contributed by atoms with E-state index in [1.807, 2.05) is 0 Å². The predicted molar refractivity (Wildman–Crippen MR) is 49.1 cm³/mol. The molecule has 1 aliphatic rings. The zero-order chi connectivity index (χ0) is 11.2. The van der Waals surface area contributed by atoms with Crippen molar-refractivity contribution in [2.24, 2.45) is 0 Å². The maximum atomic E-state index is 11.4. The third-order valence-electron chi connectivity index (χ3n) is 2.33. The topological polar surface area (TPSA) is 94.8 Å². The van der Waals surface area contributed by atoms with E-state index in [-0.39, 0.29) is 23.3 Å². The number of aromatic hydroxyl groups is 2. The Morgan fingerprint density at radius 3 is 2.53 bits per heavy atom. The first-order valence-electron chi connectivity index (χ1n) is 4.32. The number of benzene rings is 1. The highest BCUT2D eigenvalue weighted by molar-refractivity contribution is 6.17. The van der Waals surface area contributed by atoms with Crippen LogP contribution in [0.4, 0.5) is 0 Å². The summed E-state index contributed by atoms with van der Waals surface area (Å²) in [6, 6.07) is 2.05. The number of ketones is 2. The molecule has 0 heterocycles. The second kappa shape index (κ2) is 3.06. The average molecular weight is 208 g/mol. The molecule has 0 amide bonds. The first kappa shape index (κ1) is 9.67. The molecule has 0 spiro atoms. The molecule has 0 saturated heterocycles. The predicted octanol–water partition coefficient (Wildman–Crippen LogP) is 0.228. The highest BCUT2D eigenvalue weighted by atomic mass is 16.3. The third-order valence-corrected chi connectivity index (χ3v) is 2.33. The number of rotatable bonds is 0. The second-order valence-corrected chi connectivity index (χ2v) is 3.39. The van der Waals surface area contributed by atoms with Gasteiger partial charge in [-0.1, -0.05) is 0 Å². The molecule has 5 heteroatoms. The highest BCUT2D eigenvalue weighted by Crippen LogP contribution is 2.32. The van der Waals surface area contributed by atoms with Gasteiger partial charge >= 0.3 is 0 Å². The van der Waals surface area contributed by atoms with Crippen molar-refractivity contribution in [1.82, 2.24) is 0 Å². The van der Waals surface area contributed by atoms with Crippen molar-refractivity contribution < 1.29 is 24.9 Å². The van der Waals surface area contributed by atoms with Gasteiger partial charge in [0.2, 0.25) is 0 Å². The monoisotopic (exact) mass is 208 g/mol. The summed E-state index contributed by atoms with van der Waals surface area (Å²) >= 11 is 0. The smallest absolute Gasteiger partial charge is 0.192 e. The Morgan fingerprint density at radius 2 is 1.87 bits per heavy atom. The number of Topliss-reactive ketones (excluding diaryl/α,β-unsaturated/α-hetero) is 2. The highest BCUT2D eigenvalue weighted by Gasteiger charge is 2.33. The van der Waals surface area contributed by atoms with Crippen molar-refractivity contribution in [1.29, 1.82) is 0 Å². The molecule has 15 heavy (non-hydrogen) atoms. The molecule has 1 aromatic carbocycles. The van der Waals surface area contributed by atoms with Crippen LogP contribution in [0.15, 0.2) is 12.1 Å². The largest absolute Gasteiger partial charge is 0.508 e. The summed E-state index contributed by atoms with van der Waals surface area (Å²) in [5, 5.41) is 27.8. The molecule has 1 aromatic rings. The number of carbonyl (C=O) groups is 2. The average Bonchev–Trinajstić information content (AvgIpc) is 2.12. The number of fused-ring (bicyclic) bond motifs is 1. The molecule has 0 aliphatic heterocycles. The quantitative estimate of drug-likeness (QED) is 0.567. The van der Waals surface area contributed by atoms with Gasteiger partial charge in [0.1, 0.15) is 17.6 Å². The van der Waals surface area contributed by atoms with E-state index in [0.717, 1.165) is 12.1 Å². The van der Waals surface area contributed by atoms with Gasteiger partial charge in [-0.15, -0.1) is 0 Å². The van der Waals surface area contributed by atoms with Gasteiger partial charge in [-0.3, -0.25) is 9.59 Å². The zero-order valence-corrected chi connectivity index (χ0v) is 7.60. The molecule has 0 bridgehead atoms. The third kappa shape index (κ3) is 1.37. The van der Waals surface area contributed by atoms with Crippen LogP contribution in [0, 0.1) is 0 Å². The van der Waals surface area contributed by atoms with Crippen LogP contribution in [0.2, 0.25) is 0 Å². The van der Waals surface area contributed by atoms with E-state index < -0.39 is 23.4 Å². The summed E-state index contributed by atoms with van der Waals surface area (Å²) in [4.78, 5) is 22.9. The van der Waals surface area contributed by atoms with Gasteiger partial charge < -0.3 is 15.3 Å². The van der Waals surface area contributed by atoms with E-state index in [0.29, 0.717) is 0 Å². The lowest BCUT2D eigenvalue weighted by molar-refractivity contribution is 0.0650. The molecule has 2 rings (SSSR count). The molecule has 1 aliphatic carbocycles. The Labute approximate surface area is 84.6 Å². The fourth-order valence-electron chi connectivity index (χ4n) is 1.65. The number of carbonyl (C=O) groups excluding carboxylic acids is 2.